The zero-order chi connectivity index (χ0) is 18.6. The number of carboxylic acid groups (broad SMARTS) is 1. The van der Waals surface area contributed by atoms with Gasteiger partial charge in [-0.2, -0.15) is 0 Å². The van der Waals surface area contributed by atoms with E-state index >= 15 is 0 Å². The molecule has 1 aliphatic carbocycles. The smallest absolute Gasteiger partial charge is 0.341 e. The van der Waals surface area contributed by atoms with Gasteiger partial charge < -0.3 is 15.7 Å². The molecule has 1 atom stereocenters. The third kappa shape index (κ3) is 2.76. The van der Waals surface area contributed by atoms with Crippen molar-refractivity contribution in [3.05, 3.63) is 45.1 Å². The van der Waals surface area contributed by atoms with E-state index in [2.05, 4.69) is 0 Å². The number of rotatable bonds is 4. The number of hydrogen-bond donors (Lipinski definition) is 2. The molecule has 1 aliphatic heterocycles. The molecule has 0 bridgehead atoms. The van der Waals surface area contributed by atoms with Crippen molar-refractivity contribution >= 4 is 17.2 Å². The summed E-state index contributed by atoms with van der Waals surface area (Å²) in [5.74, 6) is -1.30. The molecule has 7 heteroatoms. The van der Waals surface area contributed by atoms with Crippen molar-refractivity contribution < 1.29 is 14.3 Å². The van der Waals surface area contributed by atoms with E-state index in [1.807, 2.05) is 4.90 Å². The van der Waals surface area contributed by atoms with Gasteiger partial charge in [-0.15, -0.1) is 0 Å². The van der Waals surface area contributed by atoms with Crippen LogP contribution in [-0.4, -0.2) is 34.6 Å². The highest BCUT2D eigenvalue weighted by molar-refractivity contribution is 5.89. The second-order valence-electron chi connectivity index (χ2n) is 7.51. The van der Waals surface area contributed by atoms with Crippen LogP contribution in [0.4, 0.5) is 10.1 Å². The van der Waals surface area contributed by atoms with Crippen molar-refractivity contribution in [3.8, 4) is 0 Å². The molecule has 1 saturated carbocycles. The van der Waals surface area contributed by atoms with Gasteiger partial charge in [0.1, 0.15) is 5.56 Å². The minimum atomic E-state index is -1.28. The number of nitrogens with two attached hydrogens (primary N) is 1. The Morgan fingerprint density at radius 1 is 1.38 bits per heavy atom. The first-order valence-corrected chi connectivity index (χ1v) is 8.98. The van der Waals surface area contributed by atoms with E-state index in [0.717, 1.165) is 31.0 Å². The van der Waals surface area contributed by atoms with Crippen LogP contribution in [0.25, 0.3) is 5.52 Å². The minimum absolute atomic E-state index is 0.00698. The molecule has 3 N–H and O–H groups in total. The van der Waals surface area contributed by atoms with Gasteiger partial charge in [-0.25, -0.2) is 9.18 Å². The zero-order valence-corrected chi connectivity index (χ0v) is 14.7. The van der Waals surface area contributed by atoms with Gasteiger partial charge in [0.15, 0.2) is 5.82 Å². The second kappa shape index (κ2) is 6.09. The minimum Gasteiger partial charge on any atom is -0.477 e. The number of halogens is 1. The van der Waals surface area contributed by atoms with E-state index in [1.54, 1.807) is 6.92 Å². The first kappa shape index (κ1) is 17.0. The van der Waals surface area contributed by atoms with Gasteiger partial charge >= 0.3 is 5.97 Å². The zero-order valence-electron chi connectivity index (χ0n) is 14.7. The molecular formula is C19H22FN3O3. The van der Waals surface area contributed by atoms with Crippen LogP contribution in [0, 0.1) is 18.7 Å². The van der Waals surface area contributed by atoms with Crippen molar-refractivity contribution in [1.82, 2.24) is 4.40 Å². The number of carbonyl (C=O) groups is 1. The molecule has 2 fully saturated rings. The van der Waals surface area contributed by atoms with Crippen LogP contribution in [0.2, 0.25) is 0 Å². The summed E-state index contributed by atoms with van der Waals surface area (Å²) in [6.45, 7) is 3.04. The van der Waals surface area contributed by atoms with E-state index in [-0.39, 0.29) is 11.6 Å². The third-order valence-corrected chi connectivity index (χ3v) is 5.47. The maximum absolute atomic E-state index is 14.9. The molecule has 2 aromatic rings. The van der Waals surface area contributed by atoms with Crippen LogP contribution in [0.1, 0.15) is 40.7 Å². The molecule has 2 aromatic heterocycles. The Kier molecular flexibility index (Phi) is 3.99. The molecule has 2 aliphatic rings. The summed E-state index contributed by atoms with van der Waals surface area (Å²) in [5, 5.41) is 9.37. The molecule has 0 amide bonds. The Labute approximate surface area is 150 Å². The first-order valence-electron chi connectivity index (χ1n) is 8.98. The average Bonchev–Trinajstić information content (AvgIpc) is 3.29. The van der Waals surface area contributed by atoms with Crippen LogP contribution in [-0.2, 0) is 6.42 Å². The van der Waals surface area contributed by atoms with Gasteiger partial charge in [-0.1, -0.05) is 0 Å². The number of aromatic nitrogens is 1. The molecule has 4 rings (SSSR count). The van der Waals surface area contributed by atoms with Gasteiger partial charge in [0.2, 0.25) is 0 Å². The van der Waals surface area contributed by atoms with Gasteiger partial charge in [0, 0.05) is 19.1 Å². The van der Waals surface area contributed by atoms with Crippen LogP contribution >= 0.6 is 0 Å². The van der Waals surface area contributed by atoms with E-state index in [4.69, 9.17) is 5.73 Å². The summed E-state index contributed by atoms with van der Waals surface area (Å²) < 4.78 is 16.1. The predicted molar refractivity (Wildman–Crippen MR) is 96.6 cm³/mol. The van der Waals surface area contributed by atoms with E-state index in [1.165, 1.54) is 10.5 Å². The standard InChI is InChI=1S/C19H22FN3O3/c1-10-16-12(6-11-2-3-11)7-14(19(25)26)18(24)23(16)9-15(20)17(10)22-5-4-13(21)8-22/h7,9,11,13H,2-6,8,21H2,1H3,(H,25,26)/t13-/m0/s1. The van der Waals surface area contributed by atoms with Gasteiger partial charge in [-0.05, 0) is 55.7 Å². The van der Waals surface area contributed by atoms with E-state index in [0.29, 0.717) is 42.2 Å². The third-order valence-electron chi connectivity index (χ3n) is 5.47. The molecule has 0 radical (unpaired) electrons. The van der Waals surface area contributed by atoms with Crippen molar-refractivity contribution in [2.24, 2.45) is 11.7 Å². The molecule has 0 spiro atoms. The highest BCUT2D eigenvalue weighted by atomic mass is 19.1. The fourth-order valence-corrected chi connectivity index (χ4v) is 4.02. The number of hydrogen-bond acceptors (Lipinski definition) is 4. The van der Waals surface area contributed by atoms with Crippen molar-refractivity contribution in [2.45, 2.75) is 38.6 Å². The van der Waals surface area contributed by atoms with Crippen LogP contribution in [0.3, 0.4) is 0 Å². The van der Waals surface area contributed by atoms with E-state index in [9.17, 15) is 19.1 Å². The lowest BCUT2D eigenvalue weighted by Crippen LogP contribution is -2.29. The summed E-state index contributed by atoms with van der Waals surface area (Å²) in [6, 6.07) is 1.48. The van der Waals surface area contributed by atoms with E-state index < -0.39 is 17.3 Å². The number of aryl methyl sites for hydroxylation is 1. The Bertz CT molecular complexity index is 965. The lowest BCUT2D eigenvalue weighted by atomic mass is 10.0. The maximum Gasteiger partial charge on any atom is 0.341 e. The molecule has 26 heavy (non-hydrogen) atoms. The van der Waals surface area contributed by atoms with Crippen LogP contribution < -0.4 is 16.2 Å². The Hall–Kier alpha value is -2.41. The lowest BCUT2D eigenvalue weighted by Gasteiger charge is -2.24. The monoisotopic (exact) mass is 359 g/mol. The average molecular weight is 359 g/mol. The molecule has 0 unspecified atom stereocenters. The molecule has 0 aromatic carbocycles. The highest BCUT2D eigenvalue weighted by Gasteiger charge is 2.28. The highest BCUT2D eigenvalue weighted by Crippen LogP contribution is 2.36. The summed E-state index contributed by atoms with van der Waals surface area (Å²) in [4.78, 5) is 26.0. The lowest BCUT2D eigenvalue weighted by molar-refractivity contribution is 0.0694. The Morgan fingerprint density at radius 2 is 2.12 bits per heavy atom. The van der Waals surface area contributed by atoms with Crippen molar-refractivity contribution in [1.29, 1.82) is 0 Å². The number of carboxylic acids is 1. The Morgan fingerprint density at radius 3 is 2.69 bits per heavy atom. The van der Waals surface area contributed by atoms with Gasteiger partial charge in [-0.3, -0.25) is 9.20 Å². The fraction of sp³-hybridized carbons (Fsp3) is 0.474. The molecule has 6 nitrogen and oxygen atoms in total. The first-order chi connectivity index (χ1) is 12.4. The summed E-state index contributed by atoms with van der Waals surface area (Å²) >= 11 is 0. The Balaban J connectivity index is 1.98. The number of nitrogens with zero attached hydrogens (tertiary/aromatic N) is 2. The maximum atomic E-state index is 14.9. The van der Waals surface area contributed by atoms with Crippen molar-refractivity contribution in [2.75, 3.05) is 18.0 Å². The SMILES string of the molecule is Cc1c(N2CC[C@H](N)C2)c(F)cn2c(=O)c(C(=O)O)cc(CC3CC3)c12. The van der Waals surface area contributed by atoms with Crippen LogP contribution in [0.5, 0.6) is 0 Å². The molecular weight excluding hydrogens is 337 g/mol. The van der Waals surface area contributed by atoms with Gasteiger partial charge in [0.05, 0.1) is 17.4 Å². The topological polar surface area (TPSA) is 88.0 Å². The summed E-state index contributed by atoms with van der Waals surface area (Å²) in [5.41, 5.74) is 7.53. The van der Waals surface area contributed by atoms with Crippen LogP contribution in [0.15, 0.2) is 17.1 Å². The quantitative estimate of drug-likeness (QED) is 0.871. The summed E-state index contributed by atoms with van der Waals surface area (Å²) in [7, 11) is 0. The number of aromatic carboxylic acids is 1. The molecule has 138 valence electrons. The number of pyridine rings is 2. The number of anilines is 1. The normalized spacial score (nSPS) is 20.1. The largest absolute Gasteiger partial charge is 0.477 e. The molecule has 3 heterocycles. The predicted octanol–water partition coefficient (Wildman–Crippen LogP) is 1.94. The second-order valence-corrected chi connectivity index (χ2v) is 7.51. The summed E-state index contributed by atoms with van der Waals surface area (Å²) in [6.07, 6.45) is 4.83. The number of fused-ring (bicyclic) bond motifs is 1. The van der Waals surface area contributed by atoms with Crippen molar-refractivity contribution in [3.63, 3.8) is 0 Å². The van der Waals surface area contributed by atoms with Gasteiger partial charge in [0.25, 0.3) is 5.56 Å². The fourth-order valence-electron chi connectivity index (χ4n) is 4.02. The molecule has 1 saturated heterocycles.